The molecule has 0 bridgehead atoms. The molecule has 2 aromatic rings. The summed E-state index contributed by atoms with van der Waals surface area (Å²) in [7, 11) is 0. The summed E-state index contributed by atoms with van der Waals surface area (Å²) >= 11 is 1.38. The van der Waals surface area contributed by atoms with Crippen molar-refractivity contribution in [3.63, 3.8) is 0 Å². The third-order valence-corrected chi connectivity index (χ3v) is 4.46. The molecule has 0 N–H and O–H groups in total. The van der Waals surface area contributed by atoms with Crippen LogP contribution in [0, 0.1) is 11.6 Å². The first-order chi connectivity index (χ1) is 11.1. The highest BCUT2D eigenvalue weighted by Crippen LogP contribution is 2.22. The smallest absolute Gasteiger partial charge is 0.259 e. The summed E-state index contributed by atoms with van der Waals surface area (Å²) in [6.07, 6.45) is 0. The topological polar surface area (TPSA) is 32.7 Å². The van der Waals surface area contributed by atoms with Gasteiger partial charge in [0.2, 0.25) is 0 Å². The van der Waals surface area contributed by atoms with Gasteiger partial charge in [-0.3, -0.25) is 14.7 Å². The molecule has 0 fully saturated rings. The molecule has 0 aliphatic carbocycles. The lowest BCUT2D eigenvalue weighted by Gasteiger charge is -2.18. The minimum atomic E-state index is -0.444. The molecule has 1 aliphatic rings. The number of hydrogen-bond donors (Lipinski definition) is 0. The largest absolute Gasteiger partial charge is 0.286 e. The molecule has 1 amide bonds. The lowest BCUT2D eigenvalue weighted by atomic mass is 10.2. The molecular weight excluding hydrogens is 318 g/mol. The summed E-state index contributed by atoms with van der Waals surface area (Å²) in [5.41, 5.74) is 1.12. The van der Waals surface area contributed by atoms with E-state index in [2.05, 4.69) is 4.99 Å². The zero-order chi connectivity index (χ0) is 16.2. The fourth-order valence-electron chi connectivity index (χ4n) is 2.29. The SMILES string of the molecule is O=C(c1cccc(F)c1)N1CCN=C1SCc1cccc(F)c1. The Balaban J connectivity index is 1.69. The summed E-state index contributed by atoms with van der Waals surface area (Å²) in [4.78, 5) is 18.3. The van der Waals surface area contributed by atoms with E-state index in [0.717, 1.165) is 5.56 Å². The van der Waals surface area contributed by atoms with Crippen LogP contribution in [0.3, 0.4) is 0 Å². The molecule has 0 saturated carbocycles. The Kier molecular flexibility index (Phi) is 4.71. The Hall–Kier alpha value is -2.21. The second-order valence-corrected chi connectivity index (χ2v) is 5.99. The molecule has 118 valence electrons. The van der Waals surface area contributed by atoms with Crippen LogP contribution < -0.4 is 0 Å². The van der Waals surface area contributed by atoms with Gasteiger partial charge in [0.1, 0.15) is 11.6 Å². The maximum Gasteiger partial charge on any atom is 0.259 e. The van der Waals surface area contributed by atoms with Crippen molar-refractivity contribution >= 4 is 22.8 Å². The highest BCUT2D eigenvalue weighted by atomic mass is 32.2. The Morgan fingerprint density at radius 1 is 1.13 bits per heavy atom. The minimum absolute atomic E-state index is 0.271. The standard InChI is InChI=1S/C17H14F2N2OS/c18-14-5-1-3-12(9-14)11-23-17-20-7-8-21(17)16(22)13-4-2-6-15(19)10-13/h1-6,9-10H,7-8,11H2. The minimum Gasteiger partial charge on any atom is -0.286 e. The van der Waals surface area contributed by atoms with Gasteiger partial charge in [-0.25, -0.2) is 8.78 Å². The molecule has 0 spiro atoms. The second kappa shape index (κ2) is 6.91. The van der Waals surface area contributed by atoms with Crippen molar-refractivity contribution in [2.75, 3.05) is 13.1 Å². The number of amides is 1. The molecule has 2 aromatic carbocycles. The van der Waals surface area contributed by atoms with E-state index >= 15 is 0 Å². The summed E-state index contributed by atoms with van der Waals surface area (Å²) in [6.45, 7) is 0.993. The fraction of sp³-hybridized carbons (Fsp3) is 0.176. The van der Waals surface area contributed by atoms with Crippen LogP contribution in [-0.2, 0) is 5.75 Å². The normalized spacial score (nSPS) is 14.0. The first-order valence-corrected chi connectivity index (χ1v) is 8.11. The summed E-state index contributed by atoms with van der Waals surface area (Å²) in [5.74, 6) is -0.485. The van der Waals surface area contributed by atoms with Gasteiger partial charge in [-0.2, -0.15) is 0 Å². The Labute approximate surface area is 137 Å². The van der Waals surface area contributed by atoms with Crippen molar-refractivity contribution in [3.05, 3.63) is 71.3 Å². The number of carbonyl (C=O) groups excluding carboxylic acids is 1. The van der Waals surface area contributed by atoms with Crippen LogP contribution in [0.5, 0.6) is 0 Å². The van der Waals surface area contributed by atoms with E-state index in [-0.39, 0.29) is 11.7 Å². The molecule has 0 aromatic heterocycles. The van der Waals surface area contributed by atoms with Gasteiger partial charge in [0.15, 0.2) is 5.17 Å². The van der Waals surface area contributed by atoms with Gasteiger partial charge in [-0.1, -0.05) is 30.0 Å². The average molecular weight is 332 g/mol. The van der Waals surface area contributed by atoms with Crippen LogP contribution in [0.2, 0.25) is 0 Å². The van der Waals surface area contributed by atoms with E-state index in [0.29, 0.717) is 29.6 Å². The average Bonchev–Trinajstić information content (AvgIpc) is 3.01. The molecule has 0 unspecified atom stereocenters. The molecular formula is C17H14F2N2OS. The van der Waals surface area contributed by atoms with Crippen molar-refractivity contribution in [3.8, 4) is 0 Å². The highest BCUT2D eigenvalue weighted by molar-refractivity contribution is 8.13. The van der Waals surface area contributed by atoms with E-state index in [4.69, 9.17) is 0 Å². The summed E-state index contributed by atoms with van der Waals surface area (Å²) in [5, 5.41) is 0.587. The van der Waals surface area contributed by atoms with Crippen LogP contribution >= 0.6 is 11.8 Å². The van der Waals surface area contributed by atoms with Crippen molar-refractivity contribution in [1.82, 2.24) is 4.90 Å². The third-order valence-electron chi connectivity index (χ3n) is 3.38. The van der Waals surface area contributed by atoms with Gasteiger partial charge in [0, 0.05) is 17.9 Å². The highest BCUT2D eigenvalue weighted by Gasteiger charge is 2.25. The van der Waals surface area contributed by atoms with Crippen LogP contribution in [0.15, 0.2) is 53.5 Å². The number of nitrogens with zero attached hydrogens (tertiary/aromatic N) is 2. The maximum atomic E-state index is 13.3. The van der Waals surface area contributed by atoms with Gasteiger partial charge in [-0.05, 0) is 35.9 Å². The van der Waals surface area contributed by atoms with Crippen molar-refractivity contribution < 1.29 is 13.6 Å². The van der Waals surface area contributed by atoms with Crippen molar-refractivity contribution in [2.45, 2.75) is 5.75 Å². The number of benzene rings is 2. The number of aliphatic imine (C=N–C) groups is 1. The van der Waals surface area contributed by atoms with Gasteiger partial charge in [0.25, 0.3) is 5.91 Å². The van der Waals surface area contributed by atoms with Gasteiger partial charge >= 0.3 is 0 Å². The van der Waals surface area contributed by atoms with Gasteiger partial charge in [-0.15, -0.1) is 0 Å². The lowest BCUT2D eigenvalue weighted by molar-refractivity contribution is 0.0860. The number of thioether (sulfide) groups is 1. The summed E-state index contributed by atoms with van der Waals surface area (Å²) in [6, 6.07) is 11.9. The zero-order valence-corrected chi connectivity index (χ0v) is 13.0. The number of hydrogen-bond acceptors (Lipinski definition) is 3. The van der Waals surface area contributed by atoms with E-state index in [1.807, 2.05) is 6.07 Å². The van der Waals surface area contributed by atoms with Crippen LogP contribution in [0.4, 0.5) is 8.78 Å². The molecule has 0 radical (unpaired) electrons. The molecule has 0 saturated heterocycles. The Morgan fingerprint density at radius 2 is 1.87 bits per heavy atom. The maximum absolute atomic E-state index is 13.3. The Bertz CT molecular complexity index is 764. The molecule has 6 heteroatoms. The fourth-order valence-corrected chi connectivity index (χ4v) is 3.28. The molecule has 23 heavy (non-hydrogen) atoms. The third kappa shape index (κ3) is 3.76. The quantitative estimate of drug-likeness (QED) is 0.858. The first-order valence-electron chi connectivity index (χ1n) is 7.12. The van der Waals surface area contributed by atoms with Crippen molar-refractivity contribution in [2.24, 2.45) is 4.99 Å². The predicted octanol–water partition coefficient (Wildman–Crippen LogP) is 3.71. The monoisotopic (exact) mass is 332 g/mol. The molecule has 0 atom stereocenters. The van der Waals surface area contributed by atoms with Gasteiger partial charge in [0.05, 0.1) is 6.54 Å². The van der Waals surface area contributed by atoms with E-state index in [1.54, 1.807) is 17.0 Å². The molecule has 3 rings (SSSR count). The number of amidine groups is 1. The lowest BCUT2D eigenvalue weighted by Crippen LogP contribution is -2.32. The number of halogens is 2. The molecule has 3 nitrogen and oxygen atoms in total. The van der Waals surface area contributed by atoms with E-state index in [9.17, 15) is 13.6 Å². The van der Waals surface area contributed by atoms with Crippen LogP contribution in [0.1, 0.15) is 15.9 Å². The zero-order valence-electron chi connectivity index (χ0n) is 12.2. The second-order valence-electron chi connectivity index (χ2n) is 5.05. The Morgan fingerprint density at radius 3 is 2.61 bits per heavy atom. The van der Waals surface area contributed by atoms with Crippen molar-refractivity contribution in [1.29, 1.82) is 0 Å². The number of rotatable bonds is 3. The van der Waals surface area contributed by atoms with Crippen LogP contribution in [0.25, 0.3) is 0 Å². The molecule has 1 heterocycles. The molecule has 1 aliphatic heterocycles. The van der Waals surface area contributed by atoms with E-state index in [1.165, 1.54) is 42.1 Å². The first kappa shape index (κ1) is 15.7. The van der Waals surface area contributed by atoms with Gasteiger partial charge < -0.3 is 0 Å². The van der Waals surface area contributed by atoms with E-state index < -0.39 is 5.82 Å². The van der Waals surface area contributed by atoms with Crippen LogP contribution in [-0.4, -0.2) is 29.1 Å². The number of carbonyl (C=O) groups is 1. The predicted molar refractivity (Wildman–Crippen MR) is 87.4 cm³/mol. The summed E-state index contributed by atoms with van der Waals surface area (Å²) < 4.78 is 26.5.